The summed E-state index contributed by atoms with van der Waals surface area (Å²) in [6.45, 7) is 4.07. The molecule has 0 saturated carbocycles. The van der Waals surface area contributed by atoms with E-state index in [0.717, 1.165) is 11.4 Å². The van der Waals surface area contributed by atoms with Gasteiger partial charge in [0.1, 0.15) is 5.01 Å². The number of anilines is 1. The topological polar surface area (TPSA) is 68.1 Å². The first-order valence-electron chi connectivity index (χ1n) is 6.16. The molecule has 5 nitrogen and oxygen atoms in total. The van der Waals surface area contributed by atoms with Crippen molar-refractivity contribution in [3.8, 4) is 0 Å². The molecule has 20 heavy (non-hydrogen) atoms. The maximum Gasteiger partial charge on any atom is 0.271 e. The van der Waals surface area contributed by atoms with Crippen molar-refractivity contribution in [2.24, 2.45) is 0 Å². The molecule has 1 aromatic carbocycles. The molecular formula is C13H14ClN3O2S. The van der Waals surface area contributed by atoms with Gasteiger partial charge in [-0.15, -0.1) is 11.3 Å². The minimum absolute atomic E-state index is 0.000689. The van der Waals surface area contributed by atoms with Crippen LogP contribution in [0.3, 0.4) is 0 Å². The van der Waals surface area contributed by atoms with Gasteiger partial charge in [-0.1, -0.05) is 18.5 Å². The molecule has 0 saturated heterocycles. The van der Waals surface area contributed by atoms with Gasteiger partial charge in [0.25, 0.3) is 5.69 Å². The molecule has 7 heteroatoms. The van der Waals surface area contributed by atoms with Crippen molar-refractivity contribution in [2.75, 3.05) is 5.32 Å². The first-order chi connectivity index (χ1) is 9.51. The zero-order valence-electron chi connectivity index (χ0n) is 11.1. The fourth-order valence-corrected chi connectivity index (χ4v) is 2.80. The summed E-state index contributed by atoms with van der Waals surface area (Å²) in [5.74, 6) is 0. The average Bonchev–Trinajstić information content (AvgIpc) is 2.89. The van der Waals surface area contributed by atoms with Crippen molar-refractivity contribution >= 4 is 34.3 Å². The van der Waals surface area contributed by atoms with E-state index in [4.69, 9.17) is 11.6 Å². The molecule has 0 fully saturated rings. The van der Waals surface area contributed by atoms with Crippen molar-refractivity contribution in [3.05, 3.63) is 49.4 Å². The van der Waals surface area contributed by atoms with E-state index in [1.165, 1.54) is 17.0 Å². The Hall–Kier alpha value is -1.66. The highest BCUT2D eigenvalue weighted by Crippen LogP contribution is 2.30. The van der Waals surface area contributed by atoms with Crippen molar-refractivity contribution in [1.29, 1.82) is 0 Å². The summed E-state index contributed by atoms with van der Waals surface area (Å²) in [5.41, 5.74) is 0.647. The Labute approximate surface area is 125 Å². The maximum atomic E-state index is 10.7. The quantitative estimate of drug-likeness (QED) is 0.654. The van der Waals surface area contributed by atoms with Gasteiger partial charge in [0.05, 0.1) is 21.7 Å². The molecule has 1 atom stereocenters. The van der Waals surface area contributed by atoms with Gasteiger partial charge in [0.15, 0.2) is 0 Å². The van der Waals surface area contributed by atoms with E-state index in [0.29, 0.717) is 10.7 Å². The van der Waals surface area contributed by atoms with Gasteiger partial charge >= 0.3 is 0 Å². The minimum atomic E-state index is -0.465. The third-order valence-corrected chi connectivity index (χ3v) is 4.46. The number of hydrogen-bond donors (Lipinski definition) is 1. The number of hydrogen-bond acceptors (Lipinski definition) is 5. The zero-order chi connectivity index (χ0) is 14.7. The van der Waals surface area contributed by atoms with E-state index in [9.17, 15) is 10.1 Å². The van der Waals surface area contributed by atoms with Crippen molar-refractivity contribution in [3.63, 3.8) is 0 Å². The Bertz CT molecular complexity index is 630. The Morgan fingerprint density at radius 3 is 2.85 bits per heavy atom. The predicted molar refractivity (Wildman–Crippen MR) is 81.6 cm³/mol. The van der Waals surface area contributed by atoms with E-state index in [-0.39, 0.29) is 11.7 Å². The van der Waals surface area contributed by atoms with E-state index in [2.05, 4.69) is 17.2 Å². The number of nitrogens with one attached hydrogen (secondary N) is 1. The molecule has 0 aliphatic carbocycles. The van der Waals surface area contributed by atoms with Crippen molar-refractivity contribution < 1.29 is 4.92 Å². The second kappa shape index (κ2) is 6.19. The molecule has 1 N–H and O–H groups in total. The van der Waals surface area contributed by atoms with Crippen LogP contribution < -0.4 is 5.32 Å². The van der Waals surface area contributed by atoms with E-state index >= 15 is 0 Å². The third kappa shape index (κ3) is 3.26. The molecular weight excluding hydrogens is 298 g/mol. The molecule has 0 aliphatic heterocycles. The third-order valence-electron chi connectivity index (χ3n) is 2.83. The summed E-state index contributed by atoms with van der Waals surface area (Å²) in [6, 6.07) is 4.39. The number of benzene rings is 1. The van der Waals surface area contributed by atoms with E-state index in [1.807, 2.05) is 13.1 Å². The number of halogens is 1. The van der Waals surface area contributed by atoms with Crippen LogP contribution in [0.25, 0.3) is 0 Å². The minimum Gasteiger partial charge on any atom is -0.375 e. The van der Waals surface area contributed by atoms with Crippen LogP contribution in [0, 0.1) is 10.1 Å². The number of nitrogens with zero attached hydrogens (tertiary/aromatic N) is 2. The Balaban J connectivity index is 2.15. The van der Waals surface area contributed by atoms with Crippen molar-refractivity contribution in [2.45, 2.75) is 26.3 Å². The highest BCUT2D eigenvalue weighted by atomic mass is 35.5. The Morgan fingerprint density at radius 2 is 2.30 bits per heavy atom. The van der Waals surface area contributed by atoms with Crippen LogP contribution in [0.1, 0.15) is 29.8 Å². The second-order valence-electron chi connectivity index (χ2n) is 4.31. The standard InChI is InChI=1S/C13H14ClN3O2S/c1-3-10-7-15-13(20-10)8(2)16-12-5-4-9(17(18)19)6-11(12)14/h4-8,16H,3H2,1-2H3. The van der Waals surface area contributed by atoms with E-state index < -0.39 is 4.92 Å². The van der Waals surface area contributed by atoms with Crippen LogP contribution in [-0.2, 0) is 6.42 Å². The van der Waals surface area contributed by atoms with Crippen molar-refractivity contribution in [1.82, 2.24) is 4.98 Å². The Kier molecular flexibility index (Phi) is 4.57. The largest absolute Gasteiger partial charge is 0.375 e. The fourth-order valence-electron chi connectivity index (χ4n) is 1.72. The first kappa shape index (κ1) is 14.7. The summed E-state index contributed by atoms with van der Waals surface area (Å²) in [5, 5.41) is 15.2. The molecule has 1 heterocycles. The summed E-state index contributed by atoms with van der Waals surface area (Å²) >= 11 is 7.70. The van der Waals surface area contributed by atoms with Gasteiger partial charge in [-0.3, -0.25) is 10.1 Å². The predicted octanol–water partition coefficient (Wildman–Crippen LogP) is 4.44. The summed E-state index contributed by atoms with van der Waals surface area (Å²) in [4.78, 5) is 15.8. The molecule has 0 amide bonds. The number of rotatable bonds is 5. The molecule has 2 aromatic rings. The molecule has 2 rings (SSSR count). The number of thiazole rings is 1. The lowest BCUT2D eigenvalue weighted by atomic mass is 10.2. The van der Waals surface area contributed by atoms with Gasteiger partial charge in [-0.25, -0.2) is 4.98 Å². The number of nitro benzene ring substituents is 1. The van der Waals surface area contributed by atoms with Gasteiger partial charge in [-0.2, -0.15) is 0 Å². The maximum absolute atomic E-state index is 10.7. The molecule has 0 radical (unpaired) electrons. The van der Waals surface area contributed by atoms with Crippen LogP contribution in [0.5, 0.6) is 0 Å². The lowest BCUT2D eigenvalue weighted by molar-refractivity contribution is -0.384. The molecule has 1 unspecified atom stereocenters. The lowest BCUT2D eigenvalue weighted by Crippen LogP contribution is -2.06. The first-order valence-corrected chi connectivity index (χ1v) is 7.35. The highest BCUT2D eigenvalue weighted by Gasteiger charge is 2.14. The SMILES string of the molecule is CCc1cnc(C(C)Nc2ccc([N+](=O)[O-])cc2Cl)s1. The number of nitro groups is 1. The second-order valence-corrected chi connectivity index (χ2v) is 5.86. The number of non-ortho nitro benzene ring substituents is 1. The summed E-state index contributed by atoms with van der Waals surface area (Å²) in [7, 11) is 0. The van der Waals surface area contributed by atoms with Crippen LogP contribution >= 0.6 is 22.9 Å². The van der Waals surface area contributed by atoms with Gasteiger partial charge in [0.2, 0.25) is 0 Å². The van der Waals surface area contributed by atoms with Crippen LogP contribution in [0.15, 0.2) is 24.4 Å². The van der Waals surface area contributed by atoms with Gasteiger partial charge in [0, 0.05) is 23.2 Å². The van der Waals surface area contributed by atoms with Crippen LogP contribution in [0.2, 0.25) is 5.02 Å². The normalized spacial score (nSPS) is 12.2. The zero-order valence-corrected chi connectivity index (χ0v) is 12.7. The number of aryl methyl sites for hydroxylation is 1. The lowest BCUT2D eigenvalue weighted by Gasteiger charge is -2.13. The average molecular weight is 312 g/mol. The van der Waals surface area contributed by atoms with Crippen LogP contribution in [-0.4, -0.2) is 9.91 Å². The van der Waals surface area contributed by atoms with Crippen LogP contribution in [0.4, 0.5) is 11.4 Å². The molecule has 106 valence electrons. The Morgan fingerprint density at radius 1 is 1.55 bits per heavy atom. The highest BCUT2D eigenvalue weighted by molar-refractivity contribution is 7.11. The molecule has 1 aromatic heterocycles. The van der Waals surface area contributed by atoms with Gasteiger partial charge in [-0.05, 0) is 19.4 Å². The molecule has 0 spiro atoms. The van der Waals surface area contributed by atoms with E-state index in [1.54, 1.807) is 17.4 Å². The molecule has 0 bridgehead atoms. The fraction of sp³-hybridized carbons (Fsp3) is 0.308. The monoisotopic (exact) mass is 311 g/mol. The number of aromatic nitrogens is 1. The molecule has 0 aliphatic rings. The summed E-state index contributed by atoms with van der Waals surface area (Å²) in [6.07, 6.45) is 2.83. The van der Waals surface area contributed by atoms with Gasteiger partial charge < -0.3 is 5.32 Å². The summed E-state index contributed by atoms with van der Waals surface area (Å²) < 4.78 is 0. The smallest absolute Gasteiger partial charge is 0.271 e.